The molecule has 4 heteroatoms. The summed E-state index contributed by atoms with van der Waals surface area (Å²) >= 11 is 0.605. The van der Waals surface area contributed by atoms with Crippen LogP contribution in [0.3, 0.4) is 0 Å². The molecule has 0 saturated carbocycles. The fraction of sp³-hybridized carbons (Fsp3) is 0.0204. The lowest BCUT2D eigenvalue weighted by Gasteiger charge is -2.33. The van der Waals surface area contributed by atoms with E-state index in [0.717, 1.165) is 0 Å². The summed E-state index contributed by atoms with van der Waals surface area (Å²) in [6.45, 7) is -0.265. The van der Waals surface area contributed by atoms with Crippen LogP contribution in [0.5, 0.6) is 23.0 Å². The molecule has 2 nitrogen and oxygen atoms in total. The Morgan fingerprint density at radius 3 is 1.62 bits per heavy atom. The van der Waals surface area contributed by atoms with E-state index in [0.29, 0.717) is 11.3 Å². The molecule has 0 unspecified atom stereocenters. The first-order chi connectivity index (χ1) is 37.9. The van der Waals surface area contributed by atoms with Crippen molar-refractivity contribution in [1.29, 1.82) is 0 Å². The van der Waals surface area contributed by atoms with Gasteiger partial charge in [-0.15, -0.1) is 11.3 Å². The van der Waals surface area contributed by atoms with E-state index in [1.54, 1.807) is 0 Å². The molecule has 0 amide bonds. The molecule has 2 aliphatic heterocycles. The van der Waals surface area contributed by atoms with Crippen LogP contribution in [-0.4, -0.2) is 6.71 Å². The highest BCUT2D eigenvalue weighted by molar-refractivity contribution is 7.26. The first-order valence-corrected chi connectivity index (χ1v) is 16.7. The quantitative estimate of drug-likeness (QED) is 0.168. The zero-order valence-corrected chi connectivity index (χ0v) is 27.6. The molecule has 0 spiro atoms. The van der Waals surface area contributed by atoms with E-state index in [1.807, 2.05) is 0 Å². The largest absolute Gasteiger partial charge is 0.458 e. The molecular formula is C49H31BO2S. The van der Waals surface area contributed by atoms with Crippen molar-refractivity contribution in [3.63, 3.8) is 0 Å². The van der Waals surface area contributed by atoms with Crippen LogP contribution in [0.1, 0.15) is 43.9 Å². The van der Waals surface area contributed by atoms with Crippen LogP contribution in [0.2, 0.25) is 0 Å². The van der Waals surface area contributed by atoms with Crippen molar-refractivity contribution < 1.29 is 47.9 Å². The second-order valence-electron chi connectivity index (χ2n) is 11.8. The number of benzene rings is 8. The molecule has 0 fully saturated rings. The van der Waals surface area contributed by atoms with E-state index < -0.39 is 238 Å². The SMILES string of the molecule is [2H]c1c([2H])c([2H])c(-c2c([2H])c([2H])c(-c3c([2H])c(C)c([2H])c4c3sc3c(-c5c([2H])c([2H])c(-c6c([2H])c7c8c(c6[2H])Oc6c([2H])c([2H])c([2H])c([2H])c6B8c6c([2H])c([2H])c([2H])c([2H])c6O7)c([2H])c5[2H])c([2H])c([2H])c([2H])c34)c([2H])c2[2H])c([2H])c1[2H]. The molecule has 3 heterocycles. The van der Waals surface area contributed by atoms with Crippen molar-refractivity contribution in [2.75, 3.05) is 0 Å². The molecule has 0 aliphatic carbocycles. The lowest BCUT2D eigenvalue weighted by Crippen LogP contribution is -2.57. The smallest absolute Gasteiger partial charge is 0.260 e. The Balaban J connectivity index is 1.18. The van der Waals surface area contributed by atoms with Gasteiger partial charge in [-0.1, -0.05) is 133 Å². The van der Waals surface area contributed by atoms with Gasteiger partial charge in [-0.25, -0.2) is 0 Å². The summed E-state index contributed by atoms with van der Waals surface area (Å²) < 4.78 is 263. The number of para-hydroxylation sites is 2. The Morgan fingerprint density at radius 2 is 0.962 bits per heavy atom. The number of ether oxygens (including phenoxy) is 2. The van der Waals surface area contributed by atoms with Gasteiger partial charge in [0.1, 0.15) is 23.0 Å². The van der Waals surface area contributed by atoms with E-state index in [9.17, 15) is 16.4 Å². The van der Waals surface area contributed by atoms with Crippen molar-refractivity contribution in [3.8, 4) is 67.5 Å². The lowest BCUT2D eigenvalue weighted by molar-refractivity contribution is 0.465. The zero-order valence-electron chi connectivity index (χ0n) is 54.8. The summed E-state index contributed by atoms with van der Waals surface area (Å²) in [5.41, 5.74) is -5.90. The van der Waals surface area contributed by atoms with Gasteiger partial charge in [0.2, 0.25) is 0 Å². The second kappa shape index (κ2) is 11.8. The summed E-state index contributed by atoms with van der Waals surface area (Å²) in [5.74, 6) is -2.29. The van der Waals surface area contributed by atoms with Gasteiger partial charge in [0, 0.05) is 25.6 Å². The van der Waals surface area contributed by atoms with E-state index in [2.05, 4.69) is 0 Å². The Morgan fingerprint density at radius 1 is 0.434 bits per heavy atom. The first kappa shape index (κ1) is 13.6. The lowest BCUT2D eigenvalue weighted by atomic mass is 9.35. The fourth-order valence-electron chi connectivity index (χ4n) is 6.42. The molecule has 8 aromatic carbocycles. The van der Waals surface area contributed by atoms with E-state index >= 15 is 0 Å². The number of hydrogen-bond donors (Lipinski definition) is 0. The number of rotatable bonds is 4. The van der Waals surface area contributed by atoms with Crippen molar-refractivity contribution in [3.05, 3.63) is 175 Å². The van der Waals surface area contributed by atoms with Crippen molar-refractivity contribution in [1.82, 2.24) is 0 Å². The predicted molar refractivity (Wildman–Crippen MR) is 223 cm³/mol. The molecule has 248 valence electrons. The minimum atomic E-state index is -1.59. The third-order valence-corrected chi connectivity index (χ3v) is 9.94. The maximum atomic E-state index is 9.59. The first-order valence-electron chi connectivity index (χ1n) is 29.8. The van der Waals surface area contributed by atoms with Crippen molar-refractivity contribution >= 4 is 54.6 Å². The Bertz CT molecular complexity index is 4350. The highest BCUT2D eigenvalue weighted by Crippen LogP contribution is 2.45. The molecular weight excluding hydrogens is 663 g/mol. The fourth-order valence-corrected chi connectivity index (χ4v) is 7.64. The van der Waals surface area contributed by atoms with E-state index in [4.69, 9.17) is 31.4 Å². The minimum Gasteiger partial charge on any atom is -0.458 e. The maximum absolute atomic E-state index is 9.59. The molecule has 0 saturated heterocycles. The van der Waals surface area contributed by atoms with Gasteiger partial charge in [0.15, 0.2) is 0 Å². The standard InChI is InChI=1S/C49H31BO2S/c1-30-26-39(35-24-18-32(19-25-35)31-10-3-2-4-11-31)49-40(27-30)38-13-9-12-37(48(38)53-49)34-22-20-33(21-23-34)36-28-45-47-46(29-36)52-44-17-8-6-15-42(44)50(47)41-14-5-7-16-43(41)51-45/h2-29H,1H3/i2D,3D,4D,5D,6D,7D,8D,9D,10D,11D,12D,13D,14D,15D,16D,17D,18D,19D,20D,21D,22D,23D,24D,25D,26D,27D,28D,29D. The maximum Gasteiger partial charge on any atom is 0.260 e. The van der Waals surface area contributed by atoms with Gasteiger partial charge in [-0.05, 0) is 104 Å². The molecule has 0 N–H and O–H groups in total. The summed E-state index contributed by atoms with van der Waals surface area (Å²) in [7, 11) is 0. The summed E-state index contributed by atoms with van der Waals surface area (Å²) in [6, 6.07) is -22.2. The number of thiophene rings is 1. The van der Waals surface area contributed by atoms with Crippen LogP contribution in [0.25, 0.3) is 64.7 Å². The topological polar surface area (TPSA) is 18.5 Å². The molecule has 11 rings (SSSR count). The van der Waals surface area contributed by atoms with Crippen LogP contribution in [0.4, 0.5) is 0 Å². The highest BCUT2D eigenvalue weighted by Gasteiger charge is 2.40. The van der Waals surface area contributed by atoms with Gasteiger partial charge in [0.25, 0.3) is 6.71 Å². The average molecular weight is 723 g/mol. The van der Waals surface area contributed by atoms with Crippen LogP contribution in [0.15, 0.2) is 169 Å². The second-order valence-corrected chi connectivity index (χ2v) is 12.9. The monoisotopic (exact) mass is 722 g/mol. The van der Waals surface area contributed by atoms with Crippen molar-refractivity contribution in [2.45, 2.75) is 6.92 Å². The van der Waals surface area contributed by atoms with Crippen LogP contribution < -0.4 is 25.9 Å². The number of hydrogen-bond acceptors (Lipinski definition) is 3. The molecule has 9 aromatic rings. The van der Waals surface area contributed by atoms with Gasteiger partial charge in [-0.3, -0.25) is 0 Å². The summed E-state index contributed by atoms with van der Waals surface area (Å²) in [6.07, 6.45) is 0. The van der Waals surface area contributed by atoms with E-state index in [1.165, 1.54) is 6.92 Å². The van der Waals surface area contributed by atoms with Crippen LogP contribution in [0, 0.1) is 6.92 Å². The van der Waals surface area contributed by atoms with E-state index in [-0.39, 0.29) is 47.7 Å². The third-order valence-electron chi connectivity index (χ3n) is 8.71. The predicted octanol–water partition coefficient (Wildman–Crippen LogP) is 11.8. The average Bonchev–Trinajstić information content (AvgIpc) is 1.94. The van der Waals surface area contributed by atoms with Crippen LogP contribution >= 0.6 is 11.3 Å². The molecule has 53 heavy (non-hydrogen) atoms. The van der Waals surface area contributed by atoms with Gasteiger partial charge >= 0.3 is 0 Å². The Hall–Kier alpha value is -6.36. The zero-order chi connectivity index (χ0) is 59.4. The van der Waals surface area contributed by atoms with Gasteiger partial charge < -0.3 is 9.47 Å². The minimum absolute atomic E-state index is 0.131. The van der Waals surface area contributed by atoms with Gasteiger partial charge in [-0.2, -0.15) is 0 Å². The molecule has 1 aromatic heterocycles. The third kappa shape index (κ3) is 4.87. The Kier molecular flexibility index (Phi) is 3.03. The van der Waals surface area contributed by atoms with Crippen molar-refractivity contribution in [2.24, 2.45) is 0 Å². The molecule has 0 bridgehead atoms. The number of fused-ring (bicyclic) bond motifs is 7. The molecule has 0 atom stereocenters. The Labute approximate surface area is 352 Å². The highest BCUT2D eigenvalue weighted by atomic mass is 32.1. The normalized spacial score (nSPS) is 19.9. The molecule has 0 radical (unpaired) electrons. The molecule has 2 aliphatic rings. The van der Waals surface area contributed by atoms with Gasteiger partial charge in [0.05, 0.1) is 38.4 Å². The van der Waals surface area contributed by atoms with Crippen LogP contribution in [-0.2, 0) is 0 Å². The summed E-state index contributed by atoms with van der Waals surface area (Å²) in [4.78, 5) is 0. The summed E-state index contributed by atoms with van der Waals surface area (Å²) in [5, 5.41) is -0.475.